The molecule has 1 N–H and O–H groups in total. The largest absolute Gasteiger partial charge is 0.493 e. The van der Waals surface area contributed by atoms with Crippen molar-refractivity contribution < 1.29 is 22.7 Å². The molecule has 1 heterocycles. The summed E-state index contributed by atoms with van der Waals surface area (Å²) >= 11 is 0. The van der Waals surface area contributed by atoms with Crippen LogP contribution in [0.15, 0.2) is 59.8 Å². The Balaban J connectivity index is 1.68. The molecule has 0 aliphatic carbocycles. The first-order valence-corrected chi connectivity index (χ1v) is 12.1. The third-order valence-corrected chi connectivity index (χ3v) is 7.14. The van der Waals surface area contributed by atoms with Gasteiger partial charge in [0.25, 0.3) is 0 Å². The summed E-state index contributed by atoms with van der Waals surface area (Å²) in [4.78, 5) is 16.8. The predicted octanol–water partition coefficient (Wildman–Crippen LogP) is 3.01. The van der Waals surface area contributed by atoms with Gasteiger partial charge < -0.3 is 14.8 Å². The second-order valence-corrected chi connectivity index (χ2v) is 9.39. The Morgan fingerprint density at radius 1 is 1.09 bits per heavy atom. The van der Waals surface area contributed by atoms with Gasteiger partial charge in [-0.3, -0.25) is 9.78 Å². The Morgan fingerprint density at radius 2 is 1.88 bits per heavy atom. The van der Waals surface area contributed by atoms with Gasteiger partial charge in [-0.25, -0.2) is 8.42 Å². The van der Waals surface area contributed by atoms with Gasteiger partial charge in [-0.1, -0.05) is 25.1 Å². The normalized spacial score (nSPS) is 11.5. The van der Waals surface area contributed by atoms with E-state index >= 15 is 0 Å². The molecule has 0 bridgehead atoms. The van der Waals surface area contributed by atoms with Crippen molar-refractivity contribution >= 4 is 26.7 Å². The number of carbonyl (C=O) groups excluding carboxylic acids is 1. The van der Waals surface area contributed by atoms with E-state index in [0.29, 0.717) is 36.3 Å². The summed E-state index contributed by atoms with van der Waals surface area (Å²) in [7, 11) is -0.724. The molecule has 33 heavy (non-hydrogen) atoms. The van der Waals surface area contributed by atoms with Crippen molar-refractivity contribution in [3.05, 3.63) is 60.4 Å². The zero-order valence-electron chi connectivity index (χ0n) is 19.1. The fourth-order valence-electron chi connectivity index (χ4n) is 3.59. The molecule has 9 heteroatoms. The lowest BCUT2D eigenvalue weighted by Crippen LogP contribution is -2.41. The molecule has 3 aromatic rings. The van der Waals surface area contributed by atoms with Gasteiger partial charge >= 0.3 is 0 Å². The molecule has 8 nitrogen and oxygen atoms in total. The minimum atomic E-state index is -3.86. The first-order chi connectivity index (χ1) is 15.9. The van der Waals surface area contributed by atoms with E-state index in [1.807, 2.05) is 31.2 Å². The van der Waals surface area contributed by atoms with Crippen LogP contribution in [-0.4, -0.2) is 57.5 Å². The molecule has 0 radical (unpaired) electrons. The molecule has 1 aromatic heterocycles. The Morgan fingerprint density at radius 3 is 2.61 bits per heavy atom. The van der Waals surface area contributed by atoms with Crippen LogP contribution in [0.5, 0.6) is 11.5 Å². The number of sulfonamides is 1. The molecule has 0 aliphatic rings. The summed E-state index contributed by atoms with van der Waals surface area (Å²) in [6.07, 6.45) is 4.35. The highest BCUT2D eigenvalue weighted by atomic mass is 32.2. The van der Waals surface area contributed by atoms with E-state index in [2.05, 4.69) is 10.3 Å². The molecule has 1 amide bonds. The number of benzene rings is 2. The standard InChI is InChI=1S/C24H29N3O5S/c1-4-14-27(33(29,30)23-7-5-6-19-16-25-12-11-20(19)23)17-24(28)26-13-10-18-8-9-21(31-2)22(15-18)32-3/h5-9,11-12,15-16H,4,10,13-14,17H2,1-3H3,(H,26,28). The predicted molar refractivity (Wildman–Crippen MR) is 127 cm³/mol. The third-order valence-electron chi connectivity index (χ3n) is 5.24. The molecule has 0 saturated heterocycles. The average Bonchev–Trinajstić information content (AvgIpc) is 2.83. The smallest absolute Gasteiger partial charge is 0.244 e. The van der Waals surface area contributed by atoms with Crippen LogP contribution in [0.25, 0.3) is 10.8 Å². The molecular weight excluding hydrogens is 442 g/mol. The molecule has 0 saturated carbocycles. The zero-order valence-corrected chi connectivity index (χ0v) is 19.9. The zero-order chi connectivity index (χ0) is 23.8. The number of carbonyl (C=O) groups is 1. The van der Waals surface area contributed by atoms with Gasteiger partial charge in [-0.15, -0.1) is 0 Å². The van der Waals surface area contributed by atoms with Crippen molar-refractivity contribution in [2.45, 2.75) is 24.7 Å². The van der Waals surface area contributed by atoms with Crippen LogP contribution < -0.4 is 14.8 Å². The minimum absolute atomic E-state index is 0.175. The molecule has 0 atom stereocenters. The minimum Gasteiger partial charge on any atom is -0.493 e. The maximum Gasteiger partial charge on any atom is 0.244 e. The van der Waals surface area contributed by atoms with Crippen LogP contribution >= 0.6 is 0 Å². The van der Waals surface area contributed by atoms with Crippen LogP contribution in [0.2, 0.25) is 0 Å². The van der Waals surface area contributed by atoms with E-state index in [9.17, 15) is 13.2 Å². The van der Waals surface area contributed by atoms with Crippen molar-refractivity contribution in [1.29, 1.82) is 0 Å². The van der Waals surface area contributed by atoms with E-state index in [1.54, 1.807) is 44.8 Å². The number of ether oxygens (including phenoxy) is 2. The Labute approximate surface area is 194 Å². The molecule has 0 unspecified atom stereocenters. The lowest BCUT2D eigenvalue weighted by molar-refractivity contribution is -0.121. The Kier molecular flexibility index (Phi) is 8.24. The number of methoxy groups -OCH3 is 2. The van der Waals surface area contributed by atoms with Crippen LogP contribution in [0.3, 0.4) is 0 Å². The first-order valence-electron chi connectivity index (χ1n) is 10.7. The van der Waals surface area contributed by atoms with Crippen LogP contribution in [0.1, 0.15) is 18.9 Å². The number of hydrogen-bond acceptors (Lipinski definition) is 6. The second kappa shape index (κ2) is 11.1. The van der Waals surface area contributed by atoms with Gasteiger partial charge in [-0.2, -0.15) is 4.31 Å². The number of nitrogens with zero attached hydrogens (tertiary/aromatic N) is 2. The highest BCUT2D eigenvalue weighted by Crippen LogP contribution is 2.28. The summed E-state index contributed by atoms with van der Waals surface area (Å²) in [5.41, 5.74) is 0.968. The van der Waals surface area contributed by atoms with E-state index in [-0.39, 0.29) is 23.9 Å². The first kappa shape index (κ1) is 24.5. The van der Waals surface area contributed by atoms with Crippen molar-refractivity contribution in [2.24, 2.45) is 0 Å². The number of pyridine rings is 1. The number of amides is 1. The molecular formula is C24H29N3O5S. The van der Waals surface area contributed by atoms with Crippen LogP contribution in [-0.2, 0) is 21.2 Å². The topological polar surface area (TPSA) is 97.8 Å². The fourth-order valence-corrected chi connectivity index (χ4v) is 5.29. The lowest BCUT2D eigenvalue weighted by Gasteiger charge is -2.22. The molecule has 176 valence electrons. The van der Waals surface area contributed by atoms with E-state index in [1.165, 1.54) is 4.31 Å². The number of fused-ring (bicyclic) bond motifs is 1. The van der Waals surface area contributed by atoms with E-state index in [4.69, 9.17) is 9.47 Å². The second-order valence-electron chi connectivity index (χ2n) is 7.48. The Bertz CT molecular complexity index is 1210. The van der Waals surface area contributed by atoms with E-state index in [0.717, 1.165) is 10.9 Å². The molecule has 0 fully saturated rings. The van der Waals surface area contributed by atoms with Crippen molar-refractivity contribution in [2.75, 3.05) is 33.9 Å². The van der Waals surface area contributed by atoms with Gasteiger partial charge in [0.15, 0.2) is 11.5 Å². The number of nitrogens with one attached hydrogen (secondary N) is 1. The van der Waals surface area contributed by atoms with Crippen molar-refractivity contribution in [1.82, 2.24) is 14.6 Å². The van der Waals surface area contributed by atoms with Gasteiger partial charge in [-0.05, 0) is 42.7 Å². The Hall–Kier alpha value is -3.17. The number of rotatable bonds is 11. The number of hydrogen-bond donors (Lipinski definition) is 1. The monoisotopic (exact) mass is 471 g/mol. The van der Waals surface area contributed by atoms with Crippen molar-refractivity contribution in [3.8, 4) is 11.5 Å². The summed E-state index contributed by atoms with van der Waals surface area (Å²) in [6, 6.07) is 12.3. The van der Waals surface area contributed by atoms with Crippen molar-refractivity contribution in [3.63, 3.8) is 0 Å². The summed E-state index contributed by atoms with van der Waals surface area (Å²) < 4.78 is 38.6. The molecule has 2 aromatic carbocycles. The maximum absolute atomic E-state index is 13.4. The van der Waals surface area contributed by atoms with Gasteiger partial charge in [0.05, 0.1) is 25.7 Å². The van der Waals surface area contributed by atoms with Gasteiger partial charge in [0, 0.05) is 36.3 Å². The third kappa shape index (κ3) is 5.80. The highest BCUT2D eigenvalue weighted by Gasteiger charge is 2.27. The van der Waals surface area contributed by atoms with Crippen LogP contribution in [0, 0.1) is 0 Å². The SMILES string of the molecule is CCCN(CC(=O)NCCc1ccc(OC)c(OC)c1)S(=O)(=O)c1cccc2cnccc12. The van der Waals surface area contributed by atoms with E-state index < -0.39 is 10.0 Å². The average molecular weight is 472 g/mol. The molecule has 0 spiro atoms. The maximum atomic E-state index is 13.4. The summed E-state index contributed by atoms with van der Waals surface area (Å²) in [5, 5.41) is 4.14. The lowest BCUT2D eigenvalue weighted by atomic mass is 10.1. The molecule has 3 rings (SSSR count). The molecule has 0 aliphatic heterocycles. The summed E-state index contributed by atoms with van der Waals surface area (Å²) in [6.45, 7) is 2.25. The van der Waals surface area contributed by atoms with Gasteiger partial charge in [0.1, 0.15) is 0 Å². The highest BCUT2D eigenvalue weighted by molar-refractivity contribution is 7.89. The quantitative estimate of drug-likeness (QED) is 0.462. The van der Waals surface area contributed by atoms with Gasteiger partial charge in [0.2, 0.25) is 15.9 Å². The number of aromatic nitrogens is 1. The van der Waals surface area contributed by atoms with Crippen LogP contribution in [0.4, 0.5) is 0 Å². The summed E-state index contributed by atoms with van der Waals surface area (Å²) in [5.74, 6) is 0.899. The fraction of sp³-hybridized carbons (Fsp3) is 0.333.